The van der Waals surface area contributed by atoms with Crippen LogP contribution in [0.2, 0.25) is 0 Å². The van der Waals surface area contributed by atoms with E-state index in [9.17, 15) is 28.9 Å². The molecule has 0 aromatic heterocycles. The number of allylic oxidation sites excluding steroid dienone is 12. The minimum Gasteiger partial charge on any atom is -0.462 e. The summed E-state index contributed by atoms with van der Waals surface area (Å²) in [7, 11) is -4.76. The van der Waals surface area contributed by atoms with E-state index in [1.807, 2.05) is 0 Å². The van der Waals surface area contributed by atoms with Crippen LogP contribution in [0.25, 0.3) is 0 Å². The highest BCUT2D eigenvalue weighted by Crippen LogP contribution is 2.43. The lowest BCUT2D eigenvalue weighted by atomic mass is 10.0. The summed E-state index contributed by atoms with van der Waals surface area (Å²) < 4.78 is 39.7. The maximum atomic E-state index is 13.0. The number of carbonyl (C=O) groups is 3. The summed E-state index contributed by atoms with van der Waals surface area (Å²) in [6.45, 7) is 4.51. The van der Waals surface area contributed by atoms with Crippen molar-refractivity contribution in [2.75, 3.05) is 26.4 Å². The van der Waals surface area contributed by atoms with Gasteiger partial charge >= 0.3 is 25.7 Å². The smallest absolute Gasteiger partial charge is 0.462 e. The van der Waals surface area contributed by atoms with Crippen molar-refractivity contribution in [2.45, 2.75) is 315 Å². The summed E-state index contributed by atoms with van der Waals surface area (Å²) in [6, 6.07) is 0. The third kappa shape index (κ3) is 59.5. The number of esters is 3. The Morgan fingerprint density at radius 1 is 0.362 bits per heavy atom. The summed E-state index contributed by atoms with van der Waals surface area (Å²) in [4.78, 5) is 48.8. The van der Waals surface area contributed by atoms with Crippen LogP contribution < -0.4 is 0 Å². The van der Waals surface area contributed by atoms with E-state index >= 15 is 0 Å². The fourth-order valence-corrected chi connectivity index (χ4v) is 9.93. The van der Waals surface area contributed by atoms with E-state index in [4.69, 9.17) is 23.3 Å². The third-order valence-electron chi connectivity index (χ3n) is 14.1. The van der Waals surface area contributed by atoms with Crippen molar-refractivity contribution in [3.05, 3.63) is 72.9 Å². The summed E-state index contributed by atoms with van der Waals surface area (Å²) in [5.41, 5.74) is 0. The van der Waals surface area contributed by atoms with Gasteiger partial charge in [-0.25, -0.2) is 4.57 Å². The molecule has 0 bridgehead atoms. The van der Waals surface area contributed by atoms with E-state index < -0.39 is 57.8 Å². The molecule has 0 aliphatic rings. The van der Waals surface area contributed by atoms with Gasteiger partial charge < -0.3 is 24.2 Å². The standard InChI is InChI=1S/C68H121O11P/c1-4-7-10-13-16-19-22-25-28-30-32-34-37-40-43-46-49-52-55-58-67(71)78-64(60-69)62-76-80(73,74)77-63-65(61-75-66(70)57-54-51-48-45-42-39-36-27-24-21-18-15-12-9-6-3)79-68(72)59-56-53-50-47-44-41-38-35-33-31-29-26-23-20-17-14-11-8-5-2/h9,12,17-18,20-21,26-27,29,36,42,45,64-65,69H,4-8,10-11,13-16,19,22-25,28,30-35,37-41,43-44,46-63H2,1-3H3,(H,73,74)/b12-9-,20-17-,21-18-,29-26-,36-27-,45-42-. The second kappa shape index (κ2) is 62.0. The lowest BCUT2D eigenvalue weighted by Gasteiger charge is -2.21. The van der Waals surface area contributed by atoms with Gasteiger partial charge in [0.1, 0.15) is 12.7 Å². The first-order valence-corrected chi connectivity index (χ1v) is 34.3. The number of phosphoric acid groups is 1. The van der Waals surface area contributed by atoms with Gasteiger partial charge in [-0.15, -0.1) is 0 Å². The largest absolute Gasteiger partial charge is 0.472 e. The third-order valence-corrected chi connectivity index (χ3v) is 15.1. The fourth-order valence-electron chi connectivity index (χ4n) is 9.14. The zero-order valence-corrected chi connectivity index (χ0v) is 52.4. The fraction of sp³-hybridized carbons (Fsp3) is 0.779. The lowest BCUT2D eigenvalue weighted by molar-refractivity contribution is -0.161. The Labute approximate surface area is 490 Å². The van der Waals surface area contributed by atoms with E-state index in [1.165, 1.54) is 154 Å². The molecule has 0 amide bonds. The number of phosphoric ester groups is 1. The van der Waals surface area contributed by atoms with E-state index in [2.05, 4.69) is 93.7 Å². The second-order valence-electron chi connectivity index (χ2n) is 21.9. The van der Waals surface area contributed by atoms with Crippen molar-refractivity contribution in [1.29, 1.82) is 0 Å². The van der Waals surface area contributed by atoms with Crippen LogP contribution in [0.3, 0.4) is 0 Å². The topological polar surface area (TPSA) is 155 Å². The molecule has 0 rings (SSSR count). The molecule has 0 radical (unpaired) electrons. The molecule has 0 heterocycles. The molecule has 11 nitrogen and oxygen atoms in total. The zero-order valence-electron chi connectivity index (χ0n) is 51.5. The van der Waals surface area contributed by atoms with Crippen LogP contribution in [0.15, 0.2) is 72.9 Å². The lowest BCUT2D eigenvalue weighted by Crippen LogP contribution is -2.30. The number of hydrogen-bond acceptors (Lipinski definition) is 10. The van der Waals surface area contributed by atoms with Crippen molar-refractivity contribution in [2.24, 2.45) is 0 Å². The number of hydrogen-bond donors (Lipinski definition) is 2. The van der Waals surface area contributed by atoms with Crippen LogP contribution in [0, 0.1) is 0 Å². The van der Waals surface area contributed by atoms with Gasteiger partial charge in [-0.2, -0.15) is 0 Å². The molecule has 0 aromatic carbocycles. The maximum absolute atomic E-state index is 13.0. The quantitative estimate of drug-likeness (QED) is 0.0197. The summed E-state index contributed by atoms with van der Waals surface area (Å²) in [5, 5.41) is 9.87. The highest BCUT2D eigenvalue weighted by molar-refractivity contribution is 7.47. The predicted octanol–water partition coefficient (Wildman–Crippen LogP) is 20.0. The summed E-state index contributed by atoms with van der Waals surface area (Å²) >= 11 is 0. The molecule has 0 fully saturated rings. The maximum Gasteiger partial charge on any atom is 0.472 e. The molecule has 3 atom stereocenters. The average molecular weight is 1150 g/mol. The van der Waals surface area contributed by atoms with Crippen LogP contribution in [0.5, 0.6) is 0 Å². The van der Waals surface area contributed by atoms with E-state index in [1.54, 1.807) is 0 Å². The summed E-state index contributed by atoms with van der Waals surface area (Å²) in [5.74, 6) is -1.50. The number of carbonyl (C=O) groups excluding carboxylic acids is 3. The first-order chi connectivity index (χ1) is 39.2. The predicted molar refractivity (Wildman–Crippen MR) is 335 cm³/mol. The first kappa shape index (κ1) is 76.9. The van der Waals surface area contributed by atoms with Gasteiger partial charge in [-0.1, -0.05) is 267 Å². The molecule has 0 aliphatic heterocycles. The SMILES string of the molecule is CC/C=C\C/C=C\C/C=C\C/C=C\CCCCC(=O)OCC(COP(=O)(O)OCC(CO)OC(=O)CCCCCCCCCCCCCCCCCCCCC)OC(=O)CCCCCCCCCCC/C=C\C/C=C\CCCCC. The number of rotatable bonds is 61. The van der Waals surface area contributed by atoms with Gasteiger partial charge in [0.05, 0.1) is 19.8 Å². The second-order valence-corrected chi connectivity index (χ2v) is 23.4. The molecule has 2 N–H and O–H groups in total. The van der Waals surface area contributed by atoms with Crippen molar-refractivity contribution in [1.82, 2.24) is 0 Å². The molecule has 0 aromatic rings. The number of unbranched alkanes of at least 4 members (excludes halogenated alkanes) is 32. The number of aliphatic hydroxyl groups is 1. The highest BCUT2D eigenvalue weighted by atomic mass is 31.2. The Morgan fingerprint density at radius 2 is 0.650 bits per heavy atom. The van der Waals surface area contributed by atoms with Crippen LogP contribution in [-0.4, -0.2) is 66.5 Å². The molecule has 80 heavy (non-hydrogen) atoms. The molecule has 0 saturated heterocycles. The molecule has 0 aliphatic carbocycles. The Bertz CT molecular complexity index is 1620. The Morgan fingerprint density at radius 3 is 1.05 bits per heavy atom. The molecule has 0 saturated carbocycles. The first-order valence-electron chi connectivity index (χ1n) is 32.8. The van der Waals surface area contributed by atoms with E-state index in [-0.39, 0.29) is 25.9 Å². The normalized spacial score (nSPS) is 13.7. The molecular weight excluding hydrogens is 1020 g/mol. The minimum absolute atomic E-state index is 0.153. The monoisotopic (exact) mass is 1140 g/mol. The Hall–Kier alpha value is -3.08. The average Bonchev–Trinajstić information content (AvgIpc) is 3.45. The van der Waals surface area contributed by atoms with Crippen LogP contribution in [0.4, 0.5) is 0 Å². The molecule has 3 unspecified atom stereocenters. The van der Waals surface area contributed by atoms with Crippen molar-refractivity contribution < 1.29 is 52.2 Å². The van der Waals surface area contributed by atoms with Gasteiger partial charge in [0.15, 0.2) is 6.10 Å². The van der Waals surface area contributed by atoms with Gasteiger partial charge in [-0.05, 0) is 89.9 Å². The van der Waals surface area contributed by atoms with Crippen molar-refractivity contribution >= 4 is 25.7 Å². The van der Waals surface area contributed by atoms with Crippen LogP contribution in [0.1, 0.15) is 303 Å². The van der Waals surface area contributed by atoms with Crippen molar-refractivity contribution in [3.63, 3.8) is 0 Å². The van der Waals surface area contributed by atoms with E-state index in [0.717, 1.165) is 89.9 Å². The van der Waals surface area contributed by atoms with Gasteiger partial charge in [0.2, 0.25) is 0 Å². The van der Waals surface area contributed by atoms with Crippen LogP contribution >= 0.6 is 7.82 Å². The Kier molecular flexibility index (Phi) is 59.6. The summed E-state index contributed by atoms with van der Waals surface area (Å²) in [6.07, 6.45) is 71.4. The Balaban J connectivity index is 4.68. The van der Waals surface area contributed by atoms with Crippen molar-refractivity contribution in [3.8, 4) is 0 Å². The minimum atomic E-state index is -4.76. The number of aliphatic hydroxyl groups excluding tert-OH is 1. The van der Waals surface area contributed by atoms with Gasteiger partial charge in [0.25, 0.3) is 0 Å². The molecule has 464 valence electrons. The zero-order chi connectivity index (χ0) is 58.3. The molecular formula is C68H121O11P. The van der Waals surface area contributed by atoms with E-state index in [0.29, 0.717) is 19.3 Å². The van der Waals surface area contributed by atoms with Gasteiger partial charge in [-0.3, -0.25) is 23.4 Å². The molecule has 12 heteroatoms. The van der Waals surface area contributed by atoms with Gasteiger partial charge in [0, 0.05) is 19.3 Å². The molecule has 0 spiro atoms. The van der Waals surface area contributed by atoms with Crippen LogP contribution in [-0.2, 0) is 42.2 Å². The highest BCUT2D eigenvalue weighted by Gasteiger charge is 2.28. The number of ether oxygens (including phenoxy) is 3.